The maximum atomic E-state index is 4.56. The third-order valence-corrected chi connectivity index (χ3v) is 3.56. The zero-order valence-corrected chi connectivity index (χ0v) is 10.9. The molecule has 1 aliphatic heterocycles. The smallest absolute Gasteiger partial charge is 0.157 e. The molecule has 1 fully saturated rings. The molecule has 2 aromatic rings. The Hall–Kier alpha value is -1.62. The van der Waals surface area contributed by atoms with E-state index in [2.05, 4.69) is 27.1 Å². The summed E-state index contributed by atoms with van der Waals surface area (Å²) in [7, 11) is 2.02. The number of aryl methyl sites for hydroxylation is 1. The summed E-state index contributed by atoms with van der Waals surface area (Å²) in [5, 5.41) is 3.33. The van der Waals surface area contributed by atoms with Crippen LogP contribution in [0.25, 0.3) is 11.0 Å². The summed E-state index contributed by atoms with van der Waals surface area (Å²) >= 11 is 0. The zero-order chi connectivity index (χ0) is 12.5. The molecule has 0 saturated carbocycles. The summed E-state index contributed by atoms with van der Waals surface area (Å²) in [6, 6.07) is 2.58. The van der Waals surface area contributed by atoms with Gasteiger partial charge < -0.3 is 14.8 Å². The Labute approximate surface area is 107 Å². The molecule has 1 aliphatic rings. The van der Waals surface area contributed by atoms with Gasteiger partial charge in [-0.05, 0) is 12.5 Å². The summed E-state index contributed by atoms with van der Waals surface area (Å²) in [5.74, 6) is 1.03. The van der Waals surface area contributed by atoms with Crippen molar-refractivity contribution in [3.63, 3.8) is 0 Å². The van der Waals surface area contributed by atoms with Crippen molar-refractivity contribution in [3.05, 3.63) is 18.6 Å². The van der Waals surface area contributed by atoms with E-state index in [4.69, 9.17) is 0 Å². The lowest BCUT2D eigenvalue weighted by molar-refractivity contribution is 0.411. The predicted octanol–water partition coefficient (Wildman–Crippen LogP) is 1.16. The lowest BCUT2D eigenvalue weighted by atomic mass is 10.1. The Bertz CT molecular complexity index is 543. The minimum atomic E-state index is 0.560. The molecule has 3 rings (SSSR count). The van der Waals surface area contributed by atoms with Gasteiger partial charge >= 0.3 is 0 Å². The van der Waals surface area contributed by atoms with E-state index >= 15 is 0 Å². The van der Waals surface area contributed by atoms with Crippen molar-refractivity contribution in [2.45, 2.75) is 19.4 Å². The highest BCUT2D eigenvalue weighted by molar-refractivity contribution is 5.86. The van der Waals surface area contributed by atoms with Crippen molar-refractivity contribution in [1.29, 1.82) is 0 Å². The Morgan fingerprint density at radius 2 is 2.28 bits per heavy atom. The van der Waals surface area contributed by atoms with Crippen molar-refractivity contribution in [1.82, 2.24) is 19.9 Å². The predicted molar refractivity (Wildman–Crippen MR) is 72.8 cm³/mol. The molecule has 2 aromatic heterocycles. The van der Waals surface area contributed by atoms with Crippen LogP contribution in [-0.2, 0) is 7.05 Å². The second-order valence-corrected chi connectivity index (χ2v) is 4.86. The van der Waals surface area contributed by atoms with Gasteiger partial charge in [0, 0.05) is 32.9 Å². The number of fused-ring (bicyclic) bond motifs is 1. The van der Waals surface area contributed by atoms with Gasteiger partial charge in [0.25, 0.3) is 0 Å². The summed E-state index contributed by atoms with van der Waals surface area (Å²) in [6.45, 7) is 5.34. The molecule has 0 amide bonds. The standard InChI is InChI=1S/C13H19N5/c1-3-6-18(10-7-14-8-10)13-12-11(4-5-15-13)17(2)9-16-12/h4-5,9-10,14H,3,6-8H2,1-2H3. The van der Waals surface area contributed by atoms with Crippen LogP contribution in [0.1, 0.15) is 13.3 Å². The van der Waals surface area contributed by atoms with Gasteiger partial charge in [-0.15, -0.1) is 0 Å². The van der Waals surface area contributed by atoms with Crippen LogP contribution in [-0.4, -0.2) is 40.2 Å². The molecule has 0 bridgehead atoms. The second-order valence-electron chi connectivity index (χ2n) is 4.86. The monoisotopic (exact) mass is 245 g/mol. The summed E-state index contributed by atoms with van der Waals surface area (Å²) in [4.78, 5) is 11.5. The fourth-order valence-electron chi connectivity index (χ4n) is 2.45. The van der Waals surface area contributed by atoms with E-state index in [1.54, 1.807) is 0 Å². The molecule has 0 unspecified atom stereocenters. The van der Waals surface area contributed by atoms with Crippen molar-refractivity contribution in [3.8, 4) is 0 Å². The summed E-state index contributed by atoms with van der Waals surface area (Å²) in [5.41, 5.74) is 2.16. The van der Waals surface area contributed by atoms with E-state index in [0.29, 0.717) is 6.04 Å². The largest absolute Gasteiger partial charge is 0.349 e. The van der Waals surface area contributed by atoms with Gasteiger partial charge in [-0.25, -0.2) is 9.97 Å². The average molecular weight is 245 g/mol. The maximum absolute atomic E-state index is 4.56. The first kappa shape index (κ1) is 11.5. The Morgan fingerprint density at radius 1 is 1.44 bits per heavy atom. The number of nitrogens with one attached hydrogen (secondary N) is 1. The van der Waals surface area contributed by atoms with E-state index in [0.717, 1.165) is 42.9 Å². The molecular weight excluding hydrogens is 226 g/mol. The van der Waals surface area contributed by atoms with Gasteiger partial charge in [-0.1, -0.05) is 6.92 Å². The fraction of sp³-hybridized carbons (Fsp3) is 0.538. The van der Waals surface area contributed by atoms with Crippen LogP contribution in [0.2, 0.25) is 0 Å². The van der Waals surface area contributed by atoms with Gasteiger partial charge in [0.2, 0.25) is 0 Å². The first-order valence-corrected chi connectivity index (χ1v) is 6.54. The number of nitrogens with zero attached hydrogens (tertiary/aromatic N) is 4. The van der Waals surface area contributed by atoms with E-state index < -0.39 is 0 Å². The summed E-state index contributed by atoms with van der Waals surface area (Å²) < 4.78 is 2.05. The minimum Gasteiger partial charge on any atom is -0.349 e. The fourth-order valence-corrected chi connectivity index (χ4v) is 2.45. The minimum absolute atomic E-state index is 0.560. The Morgan fingerprint density at radius 3 is 2.94 bits per heavy atom. The van der Waals surface area contributed by atoms with Crippen LogP contribution < -0.4 is 10.2 Å². The Balaban J connectivity index is 2.04. The number of rotatable bonds is 4. The zero-order valence-electron chi connectivity index (χ0n) is 10.9. The molecule has 5 heteroatoms. The highest BCUT2D eigenvalue weighted by Crippen LogP contribution is 2.25. The SMILES string of the molecule is CCCN(c1nccc2c1ncn2C)C1CNC1. The van der Waals surface area contributed by atoms with Gasteiger partial charge in [0.05, 0.1) is 17.9 Å². The highest BCUT2D eigenvalue weighted by Gasteiger charge is 2.26. The topological polar surface area (TPSA) is 46.0 Å². The molecule has 18 heavy (non-hydrogen) atoms. The highest BCUT2D eigenvalue weighted by atomic mass is 15.3. The maximum Gasteiger partial charge on any atom is 0.157 e. The van der Waals surface area contributed by atoms with Crippen LogP contribution in [0.15, 0.2) is 18.6 Å². The first-order valence-electron chi connectivity index (χ1n) is 6.54. The lowest BCUT2D eigenvalue weighted by Gasteiger charge is -2.39. The third kappa shape index (κ3) is 1.75. The van der Waals surface area contributed by atoms with Gasteiger partial charge in [0.1, 0.15) is 5.52 Å². The van der Waals surface area contributed by atoms with Crippen molar-refractivity contribution >= 4 is 16.9 Å². The number of hydrogen-bond acceptors (Lipinski definition) is 4. The van der Waals surface area contributed by atoms with Gasteiger partial charge in [-0.2, -0.15) is 0 Å². The number of pyridine rings is 1. The molecule has 3 heterocycles. The molecule has 0 spiro atoms. The average Bonchev–Trinajstić information content (AvgIpc) is 2.69. The molecular formula is C13H19N5. The van der Waals surface area contributed by atoms with Crippen molar-refractivity contribution < 1.29 is 0 Å². The molecule has 1 saturated heterocycles. The van der Waals surface area contributed by atoms with Crippen LogP contribution in [0.4, 0.5) is 5.82 Å². The van der Waals surface area contributed by atoms with Crippen molar-refractivity contribution in [2.24, 2.45) is 7.05 Å². The quantitative estimate of drug-likeness (QED) is 0.878. The Kier molecular flexibility index (Phi) is 2.91. The van der Waals surface area contributed by atoms with Crippen LogP contribution in [0.3, 0.4) is 0 Å². The molecule has 0 atom stereocenters. The first-order chi connectivity index (χ1) is 8.81. The van der Waals surface area contributed by atoms with Gasteiger partial charge in [-0.3, -0.25) is 0 Å². The van der Waals surface area contributed by atoms with E-state index in [1.165, 1.54) is 0 Å². The van der Waals surface area contributed by atoms with Gasteiger partial charge in [0.15, 0.2) is 5.82 Å². The molecule has 96 valence electrons. The second kappa shape index (κ2) is 4.57. The molecule has 0 radical (unpaired) electrons. The molecule has 5 nitrogen and oxygen atoms in total. The summed E-state index contributed by atoms with van der Waals surface area (Å²) in [6.07, 6.45) is 4.87. The van der Waals surface area contributed by atoms with E-state index in [9.17, 15) is 0 Å². The molecule has 1 N–H and O–H groups in total. The number of imidazole rings is 1. The number of hydrogen-bond donors (Lipinski definition) is 1. The normalized spacial score (nSPS) is 15.9. The molecule has 0 aromatic carbocycles. The van der Waals surface area contributed by atoms with Crippen LogP contribution >= 0.6 is 0 Å². The third-order valence-electron chi connectivity index (χ3n) is 3.56. The van der Waals surface area contributed by atoms with E-state index in [1.807, 2.05) is 30.2 Å². The van der Waals surface area contributed by atoms with E-state index in [-0.39, 0.29) is 0 Å². The lowest BCUT2D eigenvalue weighted by Crippen LogP contribution is -2.57. The van der Waals surface area contributed by atoms with Crippen molar-refractivity contribution in [2.75, 3.05) is 24.5 Å². The number of aromatic nitrogens is 3. The number of anilines is 1. The molecule has 0 aliphatic carbocycles. The van der Waals surface area contributed by atoms with Crippen LogP contribution in [0.5, 0.6) is 0 Å². The van der Waals surface area contributed by atoms with Crippen LogP contribution in [0, 0.1) is 0 Å².